The second-order valence-electron chi connectivity index (χ2n) is 3.37. The van der Waals surface area contributed by atoms with Crippen molar-refractivity contribution in [2.45, 2.75) is 20.3 Å². The number of aryl methyl sites for hydroxylation is 2. The molecular formula is C12H13NS. The second-order valence-corrected chi connectivity index (χ2v) is 4.28. The Kier molecular flexibility index (Phi) is 2.64. The molecule has 0 aliphatic rings. The number of thiophene rings is 1. The maximum absolute atomic E-state index is 4.26. The van der Waals surface area contributed by atoms with Crippen LogP contribution in [0.1, 0.15) is 18.1 Å². The molecule has 0 atom stereocenters. The standard InChI is InChI=1S/C12H13NS/c1-3-10-6-11(8-13-7-10)12-9(2)4-5-14-12/h4-8H,3H2,1-2H3. The quantitative estimate of drug-likeness (QED) is 0.725. The van der Waals surface area contributed by atoms with Crippen LogP contribution in [0.15, 0.2) is 29.9 Å². The zero-order valence-electron chi connectivity index (χ0n) is 8.45. The molecule has 0 bridgehead atoms. The van der Waals surface area contributed by atoms with Gasteiger partial charge in [0.05, 0.1) is 0 Å². The lowest BCUT2D eigenvalue weighted by Gasteiger charge is -2.01. The minimum absolute atomic E-state index is 1.05. The lowest BCUT2D eigenvalue weighted by atomic mass is 10.1. The smallest absolute Gasteiger partial charge is 0.0387 e. The Morgan fingerprint density at radius 3 is 2.86 bits per heavy atom. The first-order chi connectivity index (χ1) is 6.81. The molecule has 2 rings (SSSR count). The molecule has 2 heterocycles. The van der Waals surface area contributed by atoms with Gasteiger partial charge in [0.1, 0.15) is 0 Å². The van der Waals surface area contributed by atoms with Crippen LogP contribution >= 0.6 is 11.3 Å². The minimum Gasteiger partial charge on any atom is -0.264 e. The summed E-state index contributed by atoms with van der Waals surface area (Å²) in [5.74, 6) is 0. The summed E-state index contributed by atoms with van der Waals surface area (Å²) in [6, 6.07) is 4.38. The van der Waals surface area contributed by atoms with Crippen molar-refractivity contribution in [2.24, 2.45) is 0 Å². The Bertz CT molecular complexity index is 431. The van der Waals surface area contributed by atoms with Gasteiger partial charge in [-0.3, -0.25) is 4.98 Å². The summed E-state index contributed by atoms with van der Waals surface area (Å²) < 4.78 is 0. The largest absolute Gasteiger partial charge is 0.264 e. The molecule has 0 spiro atoms. The average Bonchev–Trinajstić information content (AvgIpc) is 2.65. The fourth-order valence-electron chi connectivity index (χ4n) is 1.47. The number of rotatable bonds is 2. The van der Waals surface area contributed by atoms with Crippen LogP contribution in [0.25, 0.3) is 10.4 Å². The molecule has 0 fully saturated rings. The summed E-state index contributed by atoms with van der Waals surface area (Å²) in [6.45, 7) is 4.30. The Morgan fingerprint density at radius 2 is 2.21 bits per heavy atom. The molecule has 2 aromatic rings. The molecule has 0 radical (unpaired) electrons. The normalized spacial score (nSPS) is 10.4. The second kappa shape index (κ2) is 3.93. The maximum atomic E-state index is 4.26. The SMILES string of the molecule is CCc1cncc(-c2sccc2C)c1. The highest BCUT2D eigenvalue weighted by atomic mass is 32.1. The van der Waals surface area contributed by atoms with E-state index in [1.54, 1.807) is 11.3 Å². The van der Waals surface area contributed by atoms with Gasteiger partial charge in [-0.05, 0) is 42.0 Å². The molecule has 0 unspecified atom stereocenters. The number of hydrogen-bond acceptors (Lipinski definition) is 2. The van der Waals surface area contributed by atoms with E-state index in [-0.39, 0.29) is 0 Å². The predicted octanol–water partition coefficient (Wildman–Crippen LogP) is 3.68. The van der Waals surface area contributed by atoms with Crippen LogP contribution in [0.4, 0.5) is 0 Å². The third-order valence-corrected chi connectivity index (χ3v) is 3.39. The first kappa shape index (κ1) is 9.41. The highest BCUT2D eigenvalue weighted by Gasteiger charge is 2.03. The van der Waals surface area contributed by atoms with Gasteiger partial charge < -0.3 is 0 Å². The van der Waals surface area contributed by atoms with Crippen molar-refractivity contribution in [1.82, 2.24) is 4.98 Å². The van der Waals surface area contributed by atoms with Crippen molar-refractivity contribution in [3.8, 4) is 10.4 Å². The molecule has 2 heteroatoms. The molecule has 0 aliphatic heterocycles. The fourth-order valence-corrected chi connectivity index (χ4v) is 2.38. The molecule has 0 saturated heterocycles. The Morgan fingerprint density at radius 1 is 1.36 bits per heavy atom. The Hall–Kier alpha value is -1.15. The molecule has 2 aromatic heterocycles. The summed E-state index contributed by atoms with van der Waals surface area (Å²) in [6.07, 6.45) is 4.93. The van der Waals surface area contributed by atoms with Crippen LogP contribution in [0, 0.1) is 6.92 Å². The highest BCUT2D eigenvalue weighted by Crippen LogP contribution is 2.28. The average molecular weight is 203 g/mol. The van der Waals surface area contributed by atoms with Crippen LogP contribution in [0.3, 0.4) is 0 Å². The van der Waals surface area contributed by atoms with E-state index in [4.69, 9.17) is 0 Å². The first-order valence-corrected chi connectivity index (χ1v) is 5.67. The van der Waals surface area contributed by atoms with E-state index >= 15 is 0 Å². The summed E-state index contributed by atoms with van der Waals surface area (Å²) in [5.41, 5.74) is 3.89. The van der Waals surface area contributed by atoms with Crippen molar-refractivity contribution in [2.75, 3.05) is 0 Å². The van der Waals surface area contributed by atoms with Crippen molar-refractivity contribution < 1.29 is 0 Å². The zero-order chi connectivity index (χ0) is 9.97. The lowest BCUT2D eigenvalue weighted by Crippen LogP contribution is -1.84. The molecule has 0 aliphatic carbocycles. The van der Waals surface area contributed by atoms with E-state index in [1.807, 2.05) is 12.4 Å². The minimum atomic E-state index is 1.05. The molecule has 14 heavy (non-hydrogen) atoms. The monoisotopic (exact) mass is 203 g/mol. The van der Waals surface area contributed by atoms with Gasteiger partial charge >= 0.3 is 0 Å². The van der Waals surface area contributed by atoms with Gasteiger partial charge in [-0.25, -0.2) is 0 Å². The Balaban J connectivity index is 2.47. The maximum Gasteiger partial charge on any atom is 0.0387 e. The van der Waals surface area contributed by atoms with Crippen LogP contribution in [-0.4, -0.2) is 4.98 Å². The van der Waals surface area contributed by atoms with Gasteiger partial charge in [-0.15, -0.1) is 11.3 Å². The number of hydrogen-bond donors (Lipinski definition) is 0. The lowest BCUT2D eigenvalue weighted by molar-refractivity contribution is 1.11. The molecule has 72 valence electrons. The summed E-state index contributed by atoms with van der Waals surface area (Å²) >= 11 is 1.78. The molecular weight excluding hydrogens is 190 g/mol. The molecule has 0 amide bonds. The summed E-state index contributed by atoms with van der Waals surface area (Å²) in [4.78, 5) is 5.60. The van der Waals surface area contributed by atoms with Crippen molar-refractivity contribution in [3.05, 3.63) is 41.0 Å². The van der Waals surface area contributed by atoms with Crippen LogP contribution < -0.4 is 0 Å². The fraction of sp³-hybridized carbons (Fsp3) is 0.250. The number of aromatic nitrogens is 1. The predicted molar refractivity (Wildman–Crippen MR) is 61.7 cm³/mol. The van der Waals surface area contributed by atoms with E-state index in [9.17, 15) is 0 Å². The van der Waals surface area contributed by atoms with Gasteiger partial charge in [0.15, 0.2) is 0 Å². The Labute approximate surface area is 88.4 Å². The van der Waals surface area contributed by atoms with Gasteiger partial charge in [0, 0.05) is 22.8 Å². The van der Waals surface area contributed by atoms with Crippen molar-refractivity contribution >= 4 is 11.3 Å². The van der Waals surface area contributed by atoms with Gasteiger partial charge in [0.25, 0.3) is 0 Å². The van der Waals surface area contributed by atoms with E-state index in [1.165, 1.54) is 21.6 Å². The van der Waals surface area contributed by atoms with Gasteiger partial charge in [0.2, 0.25) is 0 Å². The van der Waals surface area contributed by atoms with Crippen molar-refractivity contribution in [1.29, 1.82) is 0 Å². The molecule has 0 N–H and O–H groups in total. The van der Waals surface area contributed by atoms with Crippen LogP contribution in [0.2, 0.25) is 0 Å². The molecule has 0 aromatic carbocycles. The third kappa shape index (κ3) is 1.70. The number of nitrogens with zero attached hydrogens (tertiary/aromatic N) is 1. The highest BCUT2D eigenvalue weighted by molar-refractivity contribution is 7.13. The van der Waals surface area contributed by atoms with Gasteiger partial charge in [-0.2, -0.15) is 0 Å². The summed E-state index contributed by atoms with van der Waals surface area (Å²) in [7, 11) is 0. The van der Waals surface area contributed by atoms with Crippen molar-refractivity contribution in [3.63, 3.8) is 0 Å². The van der Waals surface area contributed by atoms with Crippen LogP contribution in [0.5, 0.6) is 0 Å². The van der Waals surface area contributed by atoms with E-state index in [0.29, 0.717) is 0 Å². The van der Waals surface area contributed by atoms with E-state index in [0.717, 1.165) is 6.42 Å². The molecule has 1 nitrogen and oxygen atoms in total. The van der Waals surface area contributed by atoms with Crippen LogP contribution in [-0.2, 0) is 6.42 Å². The first-order valence-electron chi connectivity index (χ1n) is 4.79. The third-order valence-electron chi connectivity index (χ3n) is 2.33. The van der Waals surface area contributed by atoms with Gasteiger partial charge in [-0.1, -0.05) is 6.92 Å². The van der Waals surface area contributed by atoms with E-state index in [2.05, 4.69) is 36.3 Å². The molecule has 0 saturated carbocycles. The zero-order valence-corrected chi connectivity index (χ0v) is 9.27. The number of pyridine rings is 1. The van der Waals surface area contributed by atoms with E-state index < -0.39 is 0 Å². The summed E-state index contributed by atoms with van der Waals surface area (Å²) in [5, 5.41) is 2.13. The topological polar surface area (TPSA) is 12.9 Å².